The maximum Gasteiger partial charge on any atom is 0.255 e. The Hall–Kier alpha value is -1.71. The molecule has 0 aliphatic carbocycles. The van der Waals surface area contributed by atoms with Crippen molar-refractivity contribution >= 4 is 5.91 Å². The van der Waals surface area contributed by atoms with Gasteiger partial charge >= 0.3 is 0 Å². The van der Waals surface area contributed by atoms with Crippen LogP contribution < -0.4 is 14.8 Å². The number of nitrogens with one attached hydrogen (secondary N) is 1. The Kier molecular flexibility index (Phi) is 6.91. The monoisotopic (exact) mass is 279 g/mol. The second-order valence-corrected chi connectivity index (χ2v) is 4.94. The maximum atomic E-state index is 12.2. The van der Waals surface area contributed by atoms with Crippen molar-refractivity contribution in [2.24, 2.45) is 0 Å². The number of ether oxygens (including phenoxy) is 2. The predicted octanol–water partition coefficient (Wildman–Crippen LogP) is 3.40. The van der Waals surface area contributed by atoms with E-state index in [2.05, 4.69) is 12.2 Å². The quantitative estimate of drug-likeness (QED) is 0.742. The minimum atomic E-state index is -0.103. The van der Waals surface area contributed by atoms with Gasteiger partial charge in [0.05, 0.1) is 19.8 Å². The number of methoxy groups -OCH3 is 2. The number of benzene rings is 1. The van der Waals surface area contributed by atoms with Crippen molar-refractivity contribution in [3.05, 3.63) is 23.8 Å². The van der Waals surface area contributed by atoms with E-state index in [1.807, 2.05) is 6.92 Å². The lowest BCUT2D eigenvalue weighted by atomic mass is 10.1. The molecule has 1 N–H and O–H groups in total. The summed E-state index contributed by atoms with van der Waals surface area (Å²) in [4.78, 5) is 12.2. The number of hydrogen-bond acceptors (Lipinski definition) is 3. The molecule has 0 aliphatic heterocycles. The Morgan fingerprint density at radius 1 is 1.25 bits per heavy atom. The van der Waals surface area contributed by atoms with Gasteiger partial charge in [-0.3, -0.25) is 4.79 Å². The smallest absolute Gasteiger partial charge is 0.255 e. The summed E-state index contributed by atoms with van der Waals surface area (Å²) in [6, 6.07) is 5.38. The summed E-state index contributed by atoms with van der Waals surface area (Å²) < 4.78 is 10.4. The largest absolute Gasteiger partial charge is 0.497 e. The second kappa shape index (κ2) is 8.46. The summed E-state index contributed by atoms with van der Waals surface area (Å²) in [5.74, 6) is 1.10. The molecule has 0 saturated carbocycles. The second-order valence-electron chi connectivity index (χ2n) is 4.94. The van der Waals surface area contributed by atoms with E-state index in [0.717, 1.165) is 12.8 Å². The summed E-state index contributed by atoms with van der Waals surface area (Å²) >= 11 is 0. The molecule has 20 heavy (non-hydrogen) atoms. The molecule has 1 aromatic rings. The molecule has 112 valence electrons. The highest BCUT2D eigenvalue weighted by Gasteiger charge is 2.15. The molecule has 0 aliphatic rings. The van der Waals surface area contributed by atoms with E-state index >= 15 is 0 Å². The number of amides is 1. The van der Waals surface area contributed by atoms with Crippen LogP contribution in [0.2, 0.25) is 0 Å². The van der Waals surface area contributed by atoms with E-state index in [1.54, 1.807) is 32.4 Å². The fraction of sp³-hybridized carbons (Fsp3) is 0.562. The first-order valence-electron chi connectivity index (χ1n) is 7.15. The maximum absolute atomic E-state index is 12.2. The number of carbonyl (C=O) groups excluding carboxylic acids is 1. The van der Waals surface area contributed by atoms with Crippen LogP contribution in [0.25, 0.3) is 0 Å². The van der Waals surface area contributed by atoms with Crippen molar-refractivity contribution in [1.29, 1.82) is 0 Å². The molecule has 0 saturated heterocycles. The molecular weight excluding hydrogens is 254 g/mol. The first-order valence-corrected chi connectivity index (χ1v) is 7.15. The number of carbonyl (C=O) groups is 1. The lowest BCUT2D eigenvalue weighted by molar-refractivity contribution is 0.0935. The minimum Gasteiger partial charge on any atom is -0.497 e. The Morgan fingerprint density at radius 2 is 2.00 bits per heavy atom. The van der Waals surface area contributed by atoms with Crippen LogP contribution in [-0.2, 0) is 0 Å². The van der Waals surface area contributed by atoms with Gasteiger partial charge in [-0.25, -0.2) is 0 Å². The molecule has 0 bridgehead atoms. The van der Waals surface area contributed by atoms with Crippen LogP contribution in [0.1, 0.15) is 49.9 Å². The molecule has 0 fully saturated rings. The first-order chi connectivity index (χ1) is 9.62. The van der Waals surface area contributed by atoms with Crippen molar-refractivity contribution in [2.45, 2.75) is 45.6 Å². The van der Waals surface area contributed by atoms with Gasteiger partial charge in [-0.1, -0.05) is 26.2 Å². The Balaban J connectivity index is 2.67. The van der Waals surface area contributed by atoms with Crippen LogP contribution in [0.4, 0.5) is 0 Å². The van der Waals surface area contributed by atoms with Crippen molar-refractivity contribution in [1.82, 2.24) is 5.32 Å². The lowest BCUT2D eigenvalue weighted by Gasteiger charge is -2.15. The SMILES string of the molecule is CCCCCC(C)NC(=O)c1ccc(OC)cc1OC. The van der Waals surface area contributed by atoms with Gasteiger partial charge in [0.25, 0.3) is 5.91 Å². The highest BCUT2D eigenvalue weighted by molar-refractivity contribution is 5.97. The van der Waals surface area contributed by atoms with E-state index in [0.29, 0.717) is 17.1 Å². The highest BCUT2D eigenvalue weighted by atomic mass is 16.5. The predicted molar refractivity (Wildman–Crippen MR) is 80.6 cm³/mol. The van der Waals surface area contributed by atoms with Gasteiger partial charge in [0.2, 0.25) is 0 Å². The Morgan fingerprint density at radius 3 is 2.60 bits per heavy atom. The highest BCUT2D eigenvalue weighted by Crippen LogP contribution is 2.24. The van der Waals surface area contributed by atoms with Crippen molar-refractivity contribution in [3.63, 3.8) is 0 Å². The van der Waals surface area contributed by atoms with E-state index in [1.165, 1.54) is 12.8 Å². The summed E-state index contributed by atoms with van der Waals surface area (Å²) in [7, 11) is 3.14. The van der Waals surface area contributed by atoms with E-state index in [9.17, 15) is 4.79 Å². The minimum absolute atomic E-state index is 0.103. The Labute approximate surface area is 121 Å². The standard InChI is InChI=1S/C16H25NO3/c1-5-6-7-8-12(2)17-16(18)14-10-9-13(19-3)11-15(14)20-4/h9-12H,5-8H2,1-4H3,(H,17,18). The molecule has 0 radical (unpaired) electrons. The Bertz CT molecular complexity index is 432. The van der Waals surface area contributed by atoms with Crippen LogP contribution in [-0.4, -0.2) is 26.2 Å². The molecule has 1 aromatic carbocycles. The molecule has 4 heteroatoms. The molecule has 0 spiro atoms. The molecule has 4 nitrogen and oxygen atoms in total. The molecule has 0 heterocycles. The van der Waals surface area contributed by atoms with Crippen LogP contribution in [0.15, 0.2) is 18.2 Å². The van der Waals surface area contributed by atoms with E-state index < -0.39 is 0 Å². The van der Waals surface area contributed by atoms with Gasteiger partial charge in [-0.15, -0.1) is 0 Å². The van der Waals surface area contributed by atoms with Crippen molar-refractivity contribution in [2.75, 3.05) is 14.2 Å². The number of rotatable bonds is 8. The van der Waals surface area contributed by atoms with Gasteiger partial charge < -0.3 is 14.8 Å². The number of hydrogen-bond donors (Lipinski definition) is 1. The zero-order chi connectivity index (χ0) is 15.0. The van der Waals surface area contributed by atoms with Gasteiger partial charge in [-0.05, 0) is 25.5 Å². The van der Waals surface area contributed by atoms with Crippen molar-refractivity contribution < 1.29 is 14.3 Å². The third-order valence-electron chi connectivity index (χ3n) is 3.27. The van der Waals surface area contributed by atoms with Crippen LogP contribution in [0, 0.1) is 0 Å². The van der Waals surface area contributed by atoms with E-state index in [4.69, 9.17) is 9.47 Å². The molecule has 1 rings (SSSR count). The average Bonchev–Trinajstić information content (AvgIpc) is 2.46. The third-order valence-corrected chi connectivity index (χ3v) is 3.27. The van der Waals surface area contributed by atoms with Crippen molar-refractivity contribution in [3.8, 4) is 11.5 Å². The zero-order valence-electron chi connectivity index (χ0n) is 12.9. The van der Waals surface area contributed by atoms with Gasteiger partial charge in [0.1, 0.15) is 11.5 Å². The summed E-state index contributed by atoms with van der Waals surface area (Å²) in [5, 5.41) is 3.01. The van der Waals surface area contributed by atoms with Crippen LogP contribution >= 0.6 is 0 Å². The third kappa shape index (κ3) is 4.76. The van der Waals surface area contributed by atoms with Gasteiger partial charge in [0, 0.05) is 12.1 Å². The topological polar surface area (TPSA) is 47.6 Å². The number of unbranched alkanes of at least 4 members (excludes halogenated alkanes) is 2. The fourth-order valence-corrected chi connectivity index (χ4v) is 2.06. The normalized spacial score (nSPS) is 11.8. The van der Waals surface area contributed by atoms with Gasteiger partial charge in [-0.2, -0.15) is 0 Å². The summed E-state index contributed by atoms with van der Waals surface area (Å²) in [6.07, 6.45) is 4.52. The van der Waals surface area contributed by atoms with E-state index in [-0.39, 0.29) is 11.9 Å². The molecule has 1 atom stereocenters. The molecule has 1 unspecified atom stereocenters. The summed E-state index contributed by atoms with van der Waals surface area (Å²) in [5.41, 5.74) is 0.538. The molecule has 0 aromatic heterocycles. The van der Waals surface area contributed by atoms with Crippen LogP contribution in [0.3, 0.4) is 0 Å². The summed E-state index contributed by atoms with van der Waals surface area (Å²) in [6.45, 7) is 4.20. The lowest BCUT2D eigenvalue weighted by Crippen LogP contribution is -2.32. The first kappa shape index (κ1) is 16.3. The molecular formula is C16H25NO3. The fourth-order valence-electron chi connectivity index (χ4n) is 2.06. The van der Waals surface area contributed by atoms with Gasteiger partial charge in [0.15, 0.2) is 0 Å². The van der Waals surface area contributed by atoms with Crippen LogP contribution in [0.5, 0.6) is 11.5 Å². The average molecular weight is 279 g/mol. The zero-order valence-corrected chi connectivity index (χ0v) is 12.9. The molecule has 1 amide bonds.